The molecule has 1 N–H and O–H groups in total. The Balaban J connectivity index is 1.88. The number of ether oxygens (including phenoxy) is 2. The highest BCUT2D eigenvalue weighted by atomic mass is 16.5. The fourth-order valence-electron chi connectivity index (χ4n) is 3.98. The Kier molecular flexibility index (Phi) is 9.39. The van der Waals surface area contributed by atoms with Gasteiger partial charge >= 0.3 is 0 Å². The first-order valence-corrected chi connectivity index (χ1v) is 12.1. The van der Waals surface area contributed by atoms with E-state index in [0.29, 0.717) is 54.8 Å². The number of methoxy groups -OCH3 is 1. The SMILES string of the molecule is CCCn1c(NC(=O)c2cc(C)nn2CC)nc2cc(C=O)cc(OCCCN(C)CCOC)c21. The minimum Gasteiger partial charge on any atom is -0.491 e. The first-order valence-electron chi connectivity index (χ1n) is 12.1. The van der Waals surface area contributed by atoms with Crippen LogP contribution in [0.25, 0.3) is 11.0 Å². The number of fused-ring (bicyclic) bond motifs is 1. The Morgan fingerprint density at radius 3 is 2.69 bits per heavy atom. The smallest absolute Gasteiger partial charge is 0.276 e. The number of aldehydes is 1. The molecule has 35 heavy (non-hydrogen) atoms. The van der Waals surface area contributed by atoms with Crippen molar-refractivity contribution in [1.82, 2.24) is 24.2 Å². The summed E-state index contributed by atoms with van der Waals surface area (Å²) in [4.78, 5) is 31.5. The normalized spacial score (nSPS) is 11.4. The maximum Gasteiger partial charge on any atom is 0.276 e. The van der Waals surface area contributed by atoms with Gasteiger partial charge in [0.25, 0.3) is 5.91 Å². The molecule has 0 spiro atoms. The van der Waals surface area contributed by atoms with Crippen LogP contribution < -0.4 is 10.1 Å². The Morgan fingerprint density at radius 2 is 2.00 bits per heavy atom. The summed E-state index contributed by atoms with van der Waals surface area (Å²) in [6.45, 7) is 9.96. The molecule has 0 aliphatic heterocycles. The zero-order chi connectivity index (χ0) is 25.4. The average Bonchev–Trinajstić information content (AvgIpc) is 3.40. The van der Waals surface area contributed by atoms with E-state index in [4.69, 9.17) is 9.47 Å². The van der Waals surface area contributed by atoms with E-state index in [9.17, 15) is 9.59 Å². The van der Waals surface area contributed by atoms with Gasteiger partial charge in [-0.1, -0.05) is 6.92 Å². The van der Waals surface area contributed by atoms with E-state index in [1.807, 2.05) is 25.5 Å². The topological polar surface area (TPSA) is 104 Å². The molecule has 3 aromatic rings. The number of imidazole rings is 1. The molecule has 0 saturated carbocycles. The molecule has 2 heterocycles. The highest BCUT2D eigenvalue weighted by Gasteiger charge is 2.20. The molecule has 0 unspecified atom stereocenters. The van der Waals surface area contributed by atoms with Crippen molar-refractivity contribution in [3.05, 3.63) is 35.2 Å². The maximum atomic E-state index is 13.1. The van der Waals surface area contributed by atoms with Crippen LogP contribution in [0, 0.1) is 6.92 Å². The molecular formula is C25H36N6O4. The van der Waals surface area contributed by atoms with Gasteiger partial charge in [-0.15, -0.1) is 0 Å². The number of nitrogens with one attached hydrogen (secondary N) is 1. The number of amides is 1. The molecule has 0 aliphatic rings. The van der Waals surface area contributed by atoms with E-state index >= 15 is 0 Å². The number of benzene rings is 1. The number of rotatable bonds is 14. The van der Waals surface area contributed by atoms with Crippen molar-refractivity contribution >= 4 is 29.2 Å². The number of carbonyl (C=O) groups excluding carboxylic acids is 2. The molecular weight excluding hydrogens is 448 g/mol. The number of hydrogen-bond acceptors (Lipinski definition) is 7. The molecule has 10 nitrogen and oxygen atoms in total. The molecule has 190 valence electrons. The van der Waals surface area contributed by atoms with Crippen molar-refractivity contribution in [2.24, 2.45) is 0 Å². The summed E-state index contributed by atoms with van der Waals surface area (Å²) in [5, 5.41) is 7.31. The number of anilines is 1. The molecule has 1 amide bonds. The number of likely N-dealkylation sites (N-methyl/N-ethyl adjacent to an activating group) is 1. The van der Waals surface area contributed by atoms with Gasteiger partial charge in [0.2, 0.25) is 5.95 Å². The van der Waals surface area contributed by atoms with Crippen molar-refractivity contribution in [2.75, 3.05) is 45.8 Å². The molecule has 0 fully saturated rings. The van der Waals surface area contributed by atoms with E-state index in [0.717, 1.165) is 43.4 Å². The lowest BCUT2D eigenvalue weighted by atomic mass is 10.2. The summed E-state index contributed by atoms with van der Waals surface area (Å²) in [6.07, 6.45) is 2.43. The predicted molar refractivity (Wildman–Crippen MR) is 135 cm³/mol. The van der Waals surface area contributed by atoms with Gasteiger partial charge in [-0.05, 0) is 51.9 Å². The molecule has 0 bridgehead atoms. The van der Waals surface area contributed by atoms with Gasteiger partial charge in [0.15, 0.2) is 0 Å². The van der Waals surface area contributed by atoms with Gasteiger partial charge in [-0.2, -0.15) is 5.10 Å². The van der Waals surface area contributed by atoms with Gasteiger partial charge in [0.1, 0.15) is 23.2 Å². The van der Waals surface area contributed by atoms with E-state index in [1.165, 1.54) is 0 Å². The summed E-state index contributed by atoms with van der Waals surface area (Å²) >= 11 is 0. The zero-order valence-corrected chi connectivity index (χ0v) is 21.3. The molecule has 1 aromatic carbocycles. The minimum atomic E-state index is -0.280. The van der Waals surface area contributed by atoms with E-state index in [1.54, 1.807) is 30.0 Å². The van der Waals surface area contributed by atoms with Crippen molar-refractivity contribution in [2.45, 2.75) is 46.7 Å². The molecule has 0 radical (unpaired) electrons. The lowest BCUT2D eigenvalue weighted by Gasteiger charge is -2.16. The molecule has 3 rings (SSSR count). The number of carbonyl (C=O) groups is 2. The van der Waals surface area contributed by atoms with Crippen molar-refractivity contribution in [3.8, 4) is 5.75 Å². The third-order valence-electron chi connectivity index (χ3n) is 5.69. The quantitative estimate of drug-likeness (QED) is 0.276. The molecule has 0 atom stereocenters. The van der Waals surface area contributed by atoms with Gasteiger partial charge in [0, 0.05) is 38.9 Å². The van der Waals surface area contributed by atoms with Crippen LogP contribution in [0.15, 0.2) is 18.2 Å². The monoisotopic (exact) mass is 484 g/mol. The lowest BCUT2D eigenvalue weighted by molar-refractivity contribution is 0.101. The van der Waals surface area contributed by atoms with Crippen molar-refractivity contribution in [3.63, 3.8) is 0 Å². The molecule has 2 aromatic heterocycles. The second-order valence-electron chi connectivity index (χ2n) is 8.53. The van der Waals surface area contributed by atoms with Crippen LogP contribution >= 0.6 is 0 Å². The summed E-state index contributed by atoms with van der Waals surface area (Å²) in [5.41, 5.74) is 3.09. The summed E-state index contributed by atoms with van der Waals surface area (Å²) in [7, 11) is 3.74. The fraction of sp³-hybridized carbons (Fsp3) is 0.520. The maximum absolute atomic E-state index is 13.1. The minimum absolute atomic E-state index is 0.280. The highest BCUT2D eigenvalue weighted by Crippen LogP contribution is 2.31. The molecule has 0 saturated heterocycles. The second-order valence-corrected chi connectivity index (χ2v) is 8.53. The second kappa shape index (κ2) is 12.5. The number of aryl methyl sites for hydroxylation is 3. The average molecular weight is 485 g/mol. The van der Waals surface area contributed by atoms with E-state index < -0.39 is 0 Å². The Morgan fingerprint density at radius 1 is 1.20 bits per heavy atom. The Bertz CT molecular complexity index is 1150. The van der Waals surface area contributed by atoms with Gasteiger partial charge in [-0.3, -0.25) is 19.6 Å². The standard InChI is InChI=1S/C25H36N6O4/c1-6-9-30-23-20(26-25(30)27-24(33)21-14-18(3)28-31(21)7-2)15-19(17-32)16-22(23)35-12-8-10-29(4)11-13-34-5/h14-17H,6-13H2,1-5H3,(H,26,27,33). The lowest BCUT2D eigenvalue weighted by Crippen LogP contribution is -2.25. The van der Waals surface area contributed by atoms with E-state index in [2.05, 4.69) is 27.2 Å². The predicted octanol–water partition coefficient (Wildman–Crippen LogP) is 3.38. The Hall–Kier alpha value is -3.24. The largest absolute Gasteiger partial charge is 0.491 e. The van der Waals surface area contributed by atoms with Crippen LogP contribution in [0.1, 0.15) is 53.2 Å². The van der Waals surface area contributed by atoms with Gasteiger partial charge in [-0.25, -0.2) is 4.98 Å². The number of hydrogen-bond donors (Lipinski definition) is 1. The highest BCUT2D eigenvalue weighted by molar-refractivity contribution is 6.03. The van der Waals surface area contributed by atoms with Crippen LogP contribution in [-0.4, -0.2) is 76.9 Å². The molecule has 10 heteroatoms. The summed E-state index contributed by atoms with van der Waals surface area (Å²) < 4.78 is 14.9. The van der Waals surface area contributed by atoms with Crippen LogP contribution in [0.5, 0.6) is 5.75 Å². The van der Waals surface area contributed by atoms with Crippen LogP contribution in [0.2, 0.25) is 0 Å². The van der Waals surface area contributed by atoms with Gasteiger partial charge < -0.3 is 18.9 Å². The summed E-state index contributed by atoms with van der Waals surface area (Å²) in [5.74, 6) is 0.720. The Labute approximate surface area is 206 Å². The van der Waals surface area contributed by atoms with E-state index in [-0.39, 0.29) is 5.91 Å². The molecule has 0 aliphatic carbocycles. The third kappa shape index (κ3) is 6.46. The van der Waals surface area contributed by atoms with Crippen LogP contribution in [0.4, 0.5) is 5.95 Å². The van der Waals surface area contributed by atoms with Crippen molar-refractivity contribution < 1.29 is 19.1 Å². The number of aromatic nitrogens is 4. The van der Waals surface area contributed by atoms with Crippen LogP contribution in [-0.2, 0) is 17.8 Å². The fourth-order valence-corrected chi connectivity index (χ4v) is 3.98. The first-order chi connectivity index (χ1) is 16.9. The zero-order valence-electron chi connectivity index (χ0n) is 21.3. The van der Waals surface area contributed by atoms with Gasteiger partial charge in [0.05, 0.1) is 24.4 Å². The first kappa shape index (κ1) is 26.4. The summed E-state index contributed by atoms with van der Waals surface area (Å²) in [6, 6.07) is 5.21. The number of nitrogens with zero attached hydrogens (tertiary/aromatic N) is 5. The van der Waals surface area contributed by atoms with Crippen molar-refractivity contribution in [1.29, 1.82) is 0 Å². The van der Waals surface area contributed by atoms with Crippen LogP contribution in [0.3, 0.4) is 0 Å². The third-order valence-corrected chi connectivity index (χ3v) is 5.69.